The Labute approximate surface area is 141 Å². The topological polar surface area (TPSA) is 95.2 Å². The highest BCUT2D eigenvalue weighted by molar-refractivity contribution is 6.02. The van der Waals surface area contributed by atoms with Crippen molar-refractivity contribution in [2.75, 3.05) is 11.9 Å². The number of amides is 3. The molecule has 2 heterocycles. The average Bonchev–Trinajstić information content (AvgIpc) is 3.13. The van der Waals surface area contributed by atoms with Gasteiger partial charge in [-0.2, -0.15) is 5.10 Å². The molecule has 1 aromatic carbocycles. The summed E-state index contributed by atoms with van der Waals surface area (Å²) < 4.78 is 27.5. The van der Waals surface area contributed by atoms with E-state index in [1.165, 1.54) is 12.1 Å². The molecule has 2 aromatic rings. The Bertz CT molecular complexity index is 813. The molecule has 1 fully saturated rings. The molecule has 2 N–H and O–H groups in total. The molecule has 9 heteroatoms. The van der Waals surface area contributed by atoms with Gasteiger partial charge in [-0.25, -0.2) is 8.78 Å². The zero-order valence-corrected chi connectivity index (χ0v) is 13.0. The molecule has 7 nitrogen and oxygen atoms in total. The Balaban J connectivity index is 1.62. The minimum Gasteiger partial charge on any atom is -0.309 e. The monoisotopic (exact) mass is 348 g/mol. The second-order valence-electron chi connectivity index (χ2n) is 5.50. The maximum absolute atomic E-state index is 13.7. The summed E-state index contributed by atoms with van der Waals surface area (Å²) in [6, 6.07) is 4.77. The summed E-state index contributed by atoms with van der Waals surface area (Å²) in [6.45, 7) is -0.0112. The molecule has 130 valence electrons. The molecule has 1 aliphatic heterocycles. The number of aromatic nitrogens is 2. The van der Waals surface area contributed by atoms with Gasteiger partial charge in [-0.1, -0.05) is 6.07 Å². The Kier molecular flexibility index (Phi) is 4.55. The molecule has 0 spiro atoms. The predicted molar refractivity (Wildman–Crippen MR) is 83.1 cm³/mol. The number of carbonyl (C=O) groups excluding carboxylic acids is 3. The van der Waals surface area contributed by atoms with E-state index in [2.05, 4.69) is 15.5 Å². The molecule has 0 bridgehead atoms. The van der Waals surface area contributed by atoms with E-state index in [1.807, 2.05) is 0 Å². The van der Waals surface area contributed by atoms with Gasteiger partial charge < -0.3 is 5.32 Å². The number of halogens is 2. The Morgan fingerprint density at radius 3 is 2.48 bits per heavy atom. The molecule has 1 saturated heterocycles. The van der Waals surface area contributed by atoms with Crippen LogP contribution in [0.1, 0.15) is 19.3 Å². The van der Waals surface area contributed by atoms with Crippen LogP contribution >= 0.6 is 0 Å². The maximum atomic E-state index is 13.7. The fraction of sp³-hybridized carbons (Fsp3) is 0.250. The van der Waals surface area contributed by atoms with Crippen LogP contribution in [0, 0.1) is 11.6 Å². The number of imide groups is 1. The lowest BCUT2D eigenvalue weighted by atomic mass is 10.1. The van der Waals surface area contributed by atoms with Gasteiger partial charge in [-0.05, 0) is 12.1 Å². The van der Waals surface area contributed by atoms with Crippen molar-refractivity contribution < 1.29 is 23.2 Å². The lowest BCUT2D eigenvalue weighted by Crippen LogP contribution is -2.32. The number of rotatable bonds is 5. The molecule has 0 radical (unpaired) electrons. The van der Waals surface area contributed by atoms with Gasteiger partial charge in [0.2, 0.25) is 17.7 Å². The Morgan fingerprint density at radius 2 is 1.84 bits per heavy atom. The predicted octanol–water partition coefficient (Wildman–Crippen LogP) is 1.83. The van der Waals surface area contributed by atoms with E-state index in [-0.39, 0.29) is 54.7 Å². The number of nitrogens with one attached hydrogen (secondary N) is 2. The van der Waals surface area contributed by atoms with Crippen LogP contribution in [0.3, 0.4) is 0 Å². The van der Waals surface area contributed by atoms with E-state index in [4.69, 9.17) is 0 Å². The highest BCUT2D eigenvalue weighted by atomic mass is 19.1. The largest absolute Gasteiger partial charge is 0.309 e. The van der Waals surface area contributed by atoms with Gasteiger partial charge >= 0.3 is 0 Å². The van der Waals surface area contributed by atoms with Crippen molar-refractivity contribution in [3.63, 3.8) is 0 Å². The summed E-state index contributed by atoms with van der Waals surface area (Å²) in [6.07, 6.45) is 0.239. The lowest BCUT2D eigenvalue weighted by molar-refractivity contribution is -0.138. The third-order valence-corrected chi connectivity index (χ3v) is 3.79. The second kappa shape index (κ2) is 6.80. The van der Waals surface area contributed by atoms with Gasteiger partial charge in [0.25, 0.3) is 0 Å². The summed E-state index contributed by atoms with van der Waals surface area (Å²) >= 11 is 0. The van der Waals surface area contributed by atoms with Crippen LogP contribution in [0.15, 0.2) is 24.3 Å². The molecule has 3 rings (SSSR count). The third kappa shape index (κ3) is 3.54. The van der Waals surface area contributed by atoms with Crippen LogP contribution in [0.2, 0.25) is 0 Å². The second-order valence-corrected chi connectivity index (χ2v) is 5.50. The lowest BCUT2D eigenvalue weighted by Gasteiger charge is -2.12. The van der Waals surface area contributed by atoms with Crippen molar-refractivity contribution in [3.8, 4) is 11.3 Å². The molecular weight excluding hydrogens is 334 g/mol. The minimum atomic E-state index is -0.757. The molecule has 0 aliphatic carbocycles. The van der Waals surface area contributed by atoms with Crippen molar-refractivity contribution in [1.82, 2.24) is 15.1 Å². The van der Waals surface area contributed by atoms with E-state index < -0.39 is 17.5 Å². The van der Waals surface area contributed by atoms with E-state index in [1.54, 1.807) is 0 Å². The summed E-state index contributed by atoms with van der Waals surface area (Å²) in [4.78, 5) is 35.9. The number of aromatic amines is 1. The first-order valence-electron chi connectivity index (χ1n) is 7.58. The van der Waals surface area contributed by atoms with Gasteiger partial charge in [-0.15, -0.1) is 0 Å². The first kappa shape index (κ1) is 16.7. The molecule has 25 heavy (non-hydrogen) atoms. The van der Waals surface area contributed by atoms with Gasteiger partial charge in [0.05, 0.1) is 11.3 Å². The van der Waals surface area contributed by atoms with E-state index >= 15 is 0 Å². The molecule has 0 saturated carbocycles. The van der Waals surface area contributed by atoms with Crippen LogP contribution < -0.4 is 5.32 Å². The quantitative estimate of drug-likeness (QED) is 0.806. The maximum Gasteiger partial charge on any atom is 0.229 e. The van der Waals surface area contributed by atoms with E-state index in [0.29, 0.717) is 0 Å². The molecule has 0 unspecified atom stereocenters. The van der Waals surface area contributed by atoms with Crippen molar-refractivity contribution in [2.24, 2.45) is 0 Å². The molecule has 0 atom stereocenters. The minimum absolute atomic E-state index is 0.0112. The zero-order chi connectivity index (χ0) is 18.0. The standard InChI is InChI=1S/C16H14F2N4O3/c17-9-2-1-3-10(18)16(9)11-8-12(21-20-11)19-13(23)6-7-22-14(24)4-5-15(22)25/h1-3,8H,4-7H2,(H2,19,20,21,23). The number of benzene rings is 1. The van der Waals surface area contributed by atoms with Gasteiger partial charge in [-0.3, -0.25) is 24.4 Å². The van der Waals surface area contributed by atoms with Gasteiger partial charge in [0, 0.05) is 31.9 Å². The summed E-state index contributed by atoms with van der Waals surface area (Å²) in [7, 11) is 0. The fourth-order valence-electron chi connectivity index (χ4n) is 2.56. The van der Waals surface area contributed by atoms with Crippen LogP contribution in [0.25, 0.3) is 11.3 Å². The Hall–Kier alpha value is -3.10. The highest BCUT2D eigenvalue weighted by Crippen LogP contribution is 2.25. The van der Waals surface area contributed by atoms with Crippen LogP contribution in [0.5, 0.6) is 0 Å². The van der Waals surface area contributed by atoms with Crippen molar-refractivity contribution in [1.29, 1.82) is 0 Å². The molecule has 1 aromatic heterocycles. The highest BCUT2D eigenvalue weighted by Gasteiger charge is 2.28. The molecule has 1 aliphatic rings. The number of H-pyrrole nitrogens is 1. The Morgan fingerprint density at radius 1 is 1.20 bits per heavy atom. The summed E-state index contributed by atoms with van der Waals surface area (Å²) in [5.41, 5.74) is -0.195. The third-order valence-electron chi connectivity index (χ3n) is 3.79. The van der Waals surface area contributed by atoms with Crippen molar-refractivity contribution in [3.05, 3.63) is 35.9 Å². The van der Waals surface area contributed by atoms with Crippen LogP contribution in [0.4, 0.5) is 14.6 Å². The number of anilines is 1. The number of hydrogen-bond acceptors (Lipinski definition) is 4. The smallest absolute Gasteiger partial charge is 0.229 e. The number of carbonyl (C=O) groups is 3. The molecule has 3 amide bonds. The fourth-order valence-corrected chi connectivity index (χ4v) is 2.56. The summed E-state index contributed by atoms with van der Waals surface area (Å²) in [5.74, 6) is -2.49. The van der Waals surface area contributed by atoms with Gasteiger partial charge in [0.1, 0.15) is 11.6 Å². The van der Waals surface area contributed by atoms with E-state index in [9.17, 15) is 23.2 Å². The van der Waals surface area contributed by atoms with Crippen LogP contribution in [-0.2, 0) is 14.4 Å². The van der Waals surface area contributed by atoms with Crippen molar-refractivity contribution in [2.45, 2.75) is 19.3 Å². The SMILES string of the molecule is O=C(CCN1C(=O)CCC1=O)Nc1cc(-c2c(F)cccc2F)[nH]n1. The zero-order valence-electron chi connectivity index (χ0n) is 13.0. The van der Waals surface area contributed by atoms with E-state index in [0.717, 1.165) is 17.0 Å². The molecular formula is C16H14F2N4O3. The number of nitrogens with zero attached hydrogens (tertiary/aromatic N) is 2. The van der Waals surface area contributed by atoms with Crippen molar-refractivity contribution >= 4 is 23.5 Å². The average molecular weight is 348 g/mol. The van der Waals surface area contributed by atoms with Crippen LogP contribution in [-0.4, -0.2) is 39.4 Å². The first-order chi connectivity index (χ1) is 12.0. The van der Waals surface area contributed by atoms with Gasteiger partial charge in [0.15, 0.2) is 5.82 Å². The first-order valence-corrected chi connectivity index (χ1v) is 7.58. The number of hydrogen-bond donors (Lipinski definition) is 2. The normalized spacial score (nSPS) is 14.2. The summed E-state index contributed by atoms with van der Waals surface area (Å²) in [5, 5.41) is 8.69. The number of likely N-dealkylation sites (tertiary alicyclic amines) is 1.